The van der Waals surface area contributed by atoms with Gasteiger partial charge >= 0.3 is 6.09 Å². The predicted octanol–water partition coefficient (Wildman–Crippen LogP) is 1.88. The number of hydrogen-bond donors (Lipinski definition) is 3. The second-order valence-electron chi connectivity index (χ2n) is 6.34. The van der Waals surface area contributed by atoms with E-state index in [0.29, 0.717) is 32.3 Å². The molecule has 8 heteroatoms. The van der Waals surface area contributed by atoms with Gasteiger partial charge in [0.2, 0.25) is 0 Å². The molecule has 0 saturated heterocycles. The van der Waals surface area contributed by atoms with E-state index in [1.807, 2.05) is 32.9 Å². The number of aliphatic imine (C=N–C) groups is 1. The minimum atomic E-state index is -0.492. The van der Waals surface area contributed by atoms with Crippen LogP contribution in [0.25, 0.3) is 0 Å². The highest BCUT2D eigenvalue weighted by molar-refractivity contribution is 5.79. The van der Waals surface area contributed by atoms with Crippen LogP contribution in [0, 0.1) is 0 Å². The number of guanidine groups is 1. The number of hydrogen-bond acceptors (Lipinski definition) is 5. The molecule has 0 radical (unpaired) electrons. The molecule has 0 saturated carbocycles. The first-order valence-corrected chi connectivity index (χ1v) is 8.42. The van der Waals surface area contributed by atoms with Gasteiger partial charge in [-0.3, -0.25) is 4.99 Å². The van der Waals surface area contributed by atoms with Crippen LogP contribution in [-0.2, 0) is 16.1 Å². The zero-order valence-corrected chi connectivity index (χ0v) is 15.6. The van der Waals surface area contributed by atoms with Gasteiger partial charge in [-0.15, -0.1) is 0 Å². The first-order chi connectivity index (χ1) is 11.9. The SMILES string of the molecule is CN=C(NCCCOCc1ccco1)NCCNC(=O)OC(C)(C)C. The summed E-state index contributed by atoms with van der Waals surface area (Å²) in [5.41, 5.74) is -0.492. The van der Waals surface area contributed by atoms with Gasteiger partial charge in [-0.25, -0.2) is 4.79 Å². The van der Waals surface area contributed by atoms with Crippen LogP contribution in [0.5, 0.6) is 0 Å². The van der Waals surface area contributed by atoms with Crippen LogP contribution in [0.1, 0.15) is 33.0 Å². The van der Waals surface area contributed by atoms with Crippen molar-refractivity contribution in [2.45, 2.75) is 39.4 Å². The molecule has 0 unspecified atom stereocenters. The number of ether oxygens (including phenoxy) is 2. The fourth-order valence-electron chi connectivity index (χ4n) is 1.83. The fourth-order valence-corrected chi connectivity index (χ4v) is 1.83. The first-order valence-electron chi connectivity index (χ1n) is 8.42. The molecule has 8 nitrogen and oxygen atoms in total. The Morgan fingerprint density at radius 3 is 2.56 bits per heavy atom. The van der Waals surface area contributed by atoms with E-state index in [1.165, 1.54) is 0 Å². The van der Waals surface area contributed by atoms with Crippen molar-refractivity contribution in [3.8, 4) is 0 Å². The number of nitrogens with zero attached hydrogens (tertiary/aromatic N) is 1. The molecule has 0 aromatic carbocycles. The molecule has 1 aromatic heterocycles. The molecule has 25 heavy (non-hydrogen) atoms. The molecule has 0 fully saturated rings. The van der Waals surface area contributed by atoms with E-state index in [0.717, 1.165) is 18.7 Å². The molecule has 0 atom stereocenters. The predicted molar refractivity (Wildman–Crippen MR) is 96.6 cm³/mol. The average molecular weight is 354 g/mol. The van der Waals surface area contributed by atoms with Crippen molar-refractivity contribution in [2.75, 3.05) is 33.3 Å². The Labute approximate surface area is 149 Å². The topological polar surface area (TPSA) is 97.1 Å². The van der Waals surface area contributed by atoms with Gasteiger partial charge in [0.25, 0.3) is 0 Å². The Morgan fingerprint density at radius 1 is 1.20 bits per heavy atom. The summed E-state index contributed by atoms with van der Waals surface area (Å²) in [6.45, 7) is 8.33. The van der Waals surface area contributed by atoms with Crippen LogP contribution in [0.4, 0.5) is 4.79 Å². The van der Waals surface area contributed by atoms with Gasteiger partial charge in [0, 0.05) is 33.3 Å². The van der Waals surface area contributed by atoms with Gasteiger partial charge in [0.1, 0.15) is 18.0 Å². The van der Waals surface area contributed by atoms with Crippen molar-refractivity contribution in [1.82, 2.24) is 16.0 Å². The van der Waals surface area contributed by atoms with E-state index in [4.69, 9.17) is 13.9 Å². The largest absolute Gasteiger partial charge is 0.467 e. The lowest BCUT2D eigenvalue weighted by molar-refractivity contribution is 0.0529. The summed E-state index contributed by atoms with van der Waals surface area (Å²) in [4.78, 5) is 15.6. The Hall–Kier alpha value is -2.22. The Kier molecular flexibility index (Phi) is 9.46. The lowest BCUT2D eigenvalue weighted by Gasteiger charge is -2.19. The summed E-state index contributed by atoms with van der Waals surface area (Å²) in [5.74, 6) is 1.50. The smallest absolute Gasteiger partial charge is 0.407 e. The third-order valence-electron chi connectivity index (χ3n) is 2.89. The van der Waals surface area contributed by atoms with Crippen molar-refractivity contribution < 1.29 is 18.7 Å². The van der Waals surface area contributed by atoms with E-state index < -0.39 is 11.7 Å². The number of nitrogens with one attached hydrogen (secondary N) is 3. The number of furan rings is 1. The molecule has 0 bridgehead atoms. The van der Waals surface area contributed by atoms with Gasteiger partial charge in [-0.05, 0) is 39.3 Å². The van der Waals surface area contributed by atoms with Crippen LogP contribution >= 0.6 is 0 Å². The van der Waals surface area contributed by atoms with Crippen LogP contribution in [0.15, 0.2) is 27.8 Å². The highest BCUT2D eigenvalue weighted by Gasteiger charge is 2.15. The maximum atomic E-state index is 11.5. The zero-order chi connectivity index (χ0) is 18.5. The summed E-state index contributed by atoms with van der Waals surface area (Å²) in [5, 5.41) is 8.98. The van der Waals surface area contributed by atoms with Crippen molar-refractivity contribution in [2.24, 2.45) is 4.99 Å². The van der Waals surface area contributed by atoms with Crippen molar-refractivity contribution in [3.63, 3.8) is 0 Å². The summed E-state index contributed by atoms with van der Waals surface area (Å²) >= 11 is 0. The molecule has 0 aliphatic rings. The molecular formula is C17H30N4O4. The summed E-state index contributed by atoms with van der Waals surface area (Å²) in [6.07, 6.45) is 2.05. The first kappa shape index (κ1) is 20.8. The minimum absolute atomic E-state index is 0.425. The van der Waals surface area contributed by atoms with Crippen molar-refractivity contribution in [3.05, 3.63) is 24.2 Å². The van der Waals surface area contributed by atoms with E-state index in [9.17, 15) is 4.79 Å². The van der Waals surface area contributed by atoms with Gasteiger partial charge in [0.15, 0.2) is 5.96 Å². The number of carbonyl (C=O) groups excluding carboxylic acids is 1. The molecule has 1 rings (SSSR count). The molecule has 1 amide bonds. The molecule has 0 aliphatic carbocycles. The Balaban J connectivity index is 2.01. The number of amides is 1. The third-order valence-corrected chi connectivity index (χ3v) is 2.89. The lowest BCUT2D eigenvalue weighted by atomic mass is 10.2. The molecule has 0 aliphatic heterocycles. The average Bonchev–Trinajstić information content (AvgIpc) is 3.04. The lowest BCUT2D eigenvalue weighted by Crippen LogP contribution is -2.42. The number of rotatable bonds is 9. The van der Waals surface area contributed by atoms with Gasteiger partial charge in [-0.2, -0.15) is 0 Å². The van der Waals surface area contributed by atoms with E-state index in [2.05, 4.69) is 20.9 Å². The quantitative estimate of drug-likeness (QED) is 0.356. The third kappa shape index (κ3) is 11.0. The molecule has 1 aromatic rings. The number of alkyl carbamates (subject to hydrolysis) is 1. The standard InChI is InChI=1S/C17H30N4O4/c1-17(2,3)25-16(22)21-10-9-20-15(18-4)19-8-6-11-23-13-14-7-5-12-24-14/h5,7,12H,6,8-11,13H2,1-4H3,(H,21,22)(H2,18,19,20). The second-order valence-corrected chi connectivity index (χ2v) is 6.34. The van der Waals surface area contributed by atoms with Gasteiger partial charge < -0.3 is 29.8 Å². The normalized spacial score (nSPS) is 11.9. The zero-order valence-electron chi connectivity index (χ0n) is 15.6. The van der Waals surface area contributed by atoms with Gasteiger partial charge in [0.05, 0.1) is 6.26 Å². The summed E-state index contributed by atoms with van der Waals surface area (Å²) in [6, 6.07) is 3.73. The Morgan fingerprint density at radius 2 is 1.92 bits per heavy atom. The van der Waals surface area contributed by atoms with Crippen LogP contribution in [0.3, 0.4) is 0 Å². The van der Waals surface area contributed by atoms with E-state index in [1.54, 1.807) is 13.3 Å². The maximum absolute atomic E-state index is 11.5. The maximum Gasteiger partial charge on any atom is 0.407 e. The van der Waals surface area contributed by atoms with Crippen molar-refractivity contribution in [1.29, 1.82) is 0 Å². The van der Waals surface area contributed by atoms with Crippen LogP contribution in [0.2, 0.25) is 0 Å². The molecule has 1 heterocycles. The van der Waals surface area contributed by atoms with Crippen LogP contribution < -0.4 is 16.0 Å². The summed E-state index contributed by atoms with van der Waals surface area (Å²) in [7, 11) is 1.70. The Bertz CT molecular complexity index is 509. The van der Waals surface area contributed by atoms with E-state index >= 15 is 0 Å². The van der Waals surface area contributed by atoms with Crippen LogP contribution in [-0.4, -0.2) is 50.9 Å². The second kappa shape index (κ2) is 11.4. The minimum Gasteiger partial charge on any atom is -0.467 e. The molecule has 0 spiro atoms. The molecule has 3 N–H and O–H groups in total. The highest BCUT2D eigenvalue weighted by atomic mass is 16.6. The van der Waals surface area contributed by atoms with E-state index in [-0.39, 0.29) is 0 Å². The molecule has 142 valence electrons. The molecular weight excluding hydrogens is 324 g/mol. The fraction of sp³-hybridized carbons (Fsp3) is 0.647. The van der Waals surface area contributed by atoms with Gasteiger partial charge in [-0.1, -0.05) is 0 Å². The number of carbonyl (C=O) groups is 1. The van der Waals surface area contributed by atoms with Crippen molar-refractivity contribution >= 4 is 12.1 Å². The highest BCUT2D eigenvalue weighted by Crippen LogP contribution is 2.06. The monoisotopic (exact) mass is 354 g/mol. The summed E-state index contributed by atoms with van der Waals surface area (Å²) < 4.78 is 15.8.